The lowest BCUT2D eigenvalue weighted by molar-refractivity contribution is -0.163. The molecule has 0 saturated carbocycles. The van der Waals surface area contributed by atoms with Gasteiger partial charge in [-0.25, -0.2) is 9.59 Å². The average molecular weight is 270 g/mol. The first-order chi connectivity index (χ1) is 8.52. The van der Waals surface area contributed by atoms with E-state index in [9.17, 15) is 14.7 Å². The SMILES string of the molecule is COC(=O)C(=[N+]=[N-])[C@@](O)(C(=O)OC)c1cccs1. The Labute approximate surface area is 106 Å². The van der Waals surface area contributed by atoms with Crippen LogP contribution >= 0.6 is 11.3 Å². The van der Waals surface area contributed by atoms with Crippen molar-refractivity contribution in [3.8, 4) is 0 Å². The van der Waals surface area contributed by atoms with E-state index in [1.165, 1.54) is 6.07 Å². The summed E-state index contributed by atoms with van der Waals surface area (Å²) in [6.07, 6.45) is 0. The van der Waals surface area contributed by atoms with E-state index in [1.54, 1.807) is 11.4 Å². The molecule has 0 aliphatic rings. The molecule has 0 fully saturated rings. The van der Waals surface area contributed by atoms with E-state index in [1.807, 2.05) is 0 Å². The van der Waals surface area contributed by atoms with E-state index >= 15 is 0 Å². The van der Waals surface area contributed by atoms with Crippen LogP contribution in [-0.4, -0.2) is 41.8 Å². The van der Waals surface area contributed by atoms with Gasteiger partial charge in [-0.3, -0.25) is 0 Å². The number of nitrogens with zero attached hydrogens (tertiary/aromatic N) is 2. The van der Waals surface area contributed by atoms with Gasteiger partial charge in [-0.1, -0.05) is 6.07 Å². The largest absolute Gasteiger partial charge is 0.466 e. The third-order valence-corrected chi connectivity index (χ3v) is 3.16. The first-order valence-corrected chi connectivity index (χ1v) is 5.56. The fourth-order valence-corrected chi connectivity index (χ4v) is 2.12. The lowest BCUT2D eigenvalue weighted by atomic mass is 9.95. The molecular formula is C10H10N2O5S. The molecule has 1 atom stereocenters. The number of carbonyl (C=O) groups excluding carboxylic acids is 2. The summed E-state index contributed by atoms with van der Waals surface area (Å²) in [4.78, 5) is 25.8. The Morgan fingerprint density at radius 2 is 2.11 bits per heavy atom. The van der Waals surface area contributed by atoms with Gasteiger partial charge in [0.15, 0.2) is 0 Å². The summed E-state index contributed by atoms with van der Waals surface area (Å²) in [5.74, 6) is -2.29. The highest BCUT2D eigenvalue weighted by molar-refractivity contribution is 7.10. The van der Waals surface area contributed by atoms with Crippen molar-refractivity contribution in [1.82, 2.24) is 0 Å². The Kier molecular flexibility index (Phi) is 4.33. The highest BCUT2D eigenvalue weighted by Crippen LogP contribution is 2.28. The topological polar surface area (TPSA) is 109 Å². The molecule has 0 aliphatic heterocycles. The highest BCUT2D eigenvalue weighted by Gasteiger charge is 2.56. The Morgan fingerprint density at radius 3 is 2.50 bits per heavy atom. The van der Waals surface area contributed by atoms with Crippen LogP contribution in [0.4, 0.5) is 0 Å². The van der Waals surface area contributed by atoms with Crippen molar-refractivity contribution < 1.29 is 29.0 Å². The normalized spacial score (nSPS) is 13.1. The molecule has 18 heavy (non-hydrogen) atoms. The minimum Gasteiger partial charge on any atom is -0.466 e. The number of thiophene rings is 1. The second-order valence-electron chi connectivity index (χ2n) is 3.12. The van der Waals surface area contributed by atoms with Crippen molar-refractivity contribution in [2.45, 2.75) is 5.60 Å². The van der Waals surface area contributed by atoms with E-state index in [0.717, 1.165) is 25.6 Å². The maximum Gasteiger partial charge on any atom is 0.424 e. The van der Waals surface area contributed by atoms with Crippen molar-refractivity contribution in [1.29, 1.82) is 0 Å². The average Bonchev–Trinajstić information content (AvgIpc) is 2.92. The smallest absolute Gasteiger partial charge is 0.424 e. The summed E-state index contributed by atoms with van der Waals surface area (Å²) in [6, 6.07) is 2.95. The van der Waals surface area contributed by atoms with Crippen LogP contribution in [0.15, 0.2) is 17.5 Å². The number of hydrogen-bond acceptors (Lipinski definition) is 6. The molecule has 7 nitrogen and oxygen atoms in total. The molecule has 0 radical (unpaired) electrons. The van der Waals surface area contributed by atoms with Crippen LogP contribution in [-0.2, 0) is 24.7 Å². The Hall–Kier alpha value is -2.02. The summed E-state index contributed by atoms with van der Waals surface area (Å²) >= 11 is 0.995. The van der Waals surface area contributed by atoms with Gasteiger partial charge < -0.3 is 20.1 Å². The summed E-state index contributed by atoms with van der Waals surface area (Å²) in [6.45, 7) is 0. The van der Waals surface area contributed by atoms with Gasteiger partial charge in [0.1, 0.15) is 0 Å². The molecule has 1 rings (SSSR count). The standard InChI is InChI=1S/C10H10N2O5S/c1-16-8(13)7(12-11)10(15,9(14)17-2)6-4-3-5-18-6/h3-5,15H,1-2H3/t10-/m1/s1. The van der Waals surface area contributed by atoms with Gasteiger partial charge in [0.25, 0.3) is 0 Å². The molecule has 0 spiro atoms. The number of hydrogen-bond donors (Lipinski definition) is 1. The summed E-state index contributed by atoms with van der Waals surface area (Å²) < 4.78 is 8.78. The van der Waals surface area contributed by atoms with Gasteiger partial charge in [0, 0.05) is 0 Å². The van der Waals surface area contributed by atoms with Gasteiger partial charge in [0.2, 0.25) is 0 Å². The highest BCUT2D eigenvalue weighted by atomic mass is 32.1. The molecular weight excluding hydrogens is 260 g/mol. The molecule has 1 N–H and O–H groups in total. The van der Waals surface area contributed by atoms with Crippen LogP contribution in [0.25, 0.3) is 5.53 Å². The van der Waals surface area contributed by atoms with E-state index in [4.69, 9.17) is 5.53 Å². The number of ether oxygens (including phenoxy) is 2. The van der Waals surface area contributed by atoms with Gasteiger partial charge >= 0.3 is 23.3 Å². The molecule has 1 heterocycles. The quantitative estimate of drug-likeness (QED) is 0.357. The van der Waals surface area contributed by atoms with Crippen molar-refractivity contribution in [2.75, 3.05) is 14.2 Å². The molecule has 0 aliphatic carbocycles. The van der Waals surface area contributed by atoms with Crippen LogP contribution in [0, 0.1) is 0 Å². The molecule has 0 aromatic carbocycles. The Morgan fingerprint density at radius 1 is 1.44 bits per heavy atom. The molecule has 0 bridgehead atoms. The molecule has 0 unspecified atom stereocenters. The minimum absolute atomic E-state index is 0.0764. The van der Waals surface area contributed by atoms with Crippen molar-refractivity contribution in [3.05, 3.63) is 27.9 Å². The van der Waals surface area contributed by atoms with Crippen LogP contribution in [0.5, 0.6) is 0 Å². The molecule has 1 aromatic rings. The monoisotopic (exact) mass is 270 g/mol. The first-order valence-electron chi connectivity index (χ1n) is 4.68. The van der Waals surface area contributed by atoms with E-state index in [2.05, 4.69) is 14.3 Å². The fraction of sp³-hybridized carbons (Fsp3) is 0.300. The summed E-state index contributed by atoms with van der Waals surface area (Å²) in [5.41, 5.74) is 5.47. The van der Waals surface area contributed by atoms with Gasteiger partial charge in [0.05, 0.1) is 19.1 Å². The molecule has 1 aromatic heterocycles. The second kappa shape index (κ2) is 5.54. The zero-order chi connectivity index (χ0) is 13.8. The summed E-state index contributed by atoms with van der Waals surface area (Å²) in [5, 5.41) is 11.9. The molecule has 96 valence electrons. The lowest BCUT2D eigenvalue weighted by Crippen LogP contribution is -2.48. The zero-order valence-corrected chi connectivity index (χ0v) is 10.4. The first kappa shape index (κ1) is 14.0. The van der Waals surface area contributed by atoms with E-state index in [0.29, 0.717) is 0 Å². The van der Waals surface area contributed by atoms with Crippen molar-refractivity contribution in [3.63, 3.8) is 0 Å². The number of aliphatic hydroxyl groups is 1. The van der Waals surface area contributed by atoms with Crippen LogP contribution < -0.4 is 0 Å². The number of esters is 2. The lowest BCUT2D eigenvalue weighted by Gasteiger charge is -2.18. The zero-order valence-electron chi connectivity index (χ0n) is 9.61. The van der Waals surface area contributed by atoms with E-state index < -0.39 is 23.3 Å². The molecule has 0 saturated heterocycles. The van der Waals surface area contributed by atoms with Gasteiger partial charge in [-0.2, -0.15) is 4.79 Å². The third kappa shape index (κ3) is 2.17. The predicted octanol–water partition coefficient (Wildman–Crippen LogP) is -0.0475. The van der Waals surface area contributed by atoms with Crippen LogP contribution in [0.1, 0.15) is 4.88 Å². The van der Waals surface area contributed by atoms with Crippen LogP contribution in [0.2, 0.25) is 0 Å². The predicted molar refractivity (Wildman–Crippen MR) is 60.9 cm³/mol. The van der Waals surface area contributed by atoms with Gasteiger partial charge in [-0.15, -0.1) is 11.3 Å². The maximum atomic E-state index is 11.7. The number of methoxy groups -OCH3 is 2. The Balaban J connectivity index is 3.43. The number of rotatable bonds is 4. The van der Waals surface area contributed by atoms with Crippen molar-refractivity contribution in [2.24, 2.45) is 0 Å². The van der Waals surface area contributed by atoms with Crippen LogP contribution in [0.3, 0.4) is 0 Å². The Bertz CT molecular complexity index is 506. The minimum atomic E-state index is -2.50. The maximum absolute atomic E-state index is 11.7. The van der Waals surface area contributed by atoms with Gasteiger partial charge in [-0.05, 0) is 11.4 Å². The molecule has 8 heteroatoms. The number of carbonyl (C=O) groups is 2. The summed E-state index contributed by atoms with van der Waals surface area (Å²) in [7, 11) is 2.06. The third-order valence-electron chi connectivity index (χ3n) is 2.18. The van der Waals surface area contributed by atoms with Crippen molar-refractivity contribution >= 4 is 29.0 Å². The molecule has 0 amide bonds. The van der Waals surface area contributed by atoms with E-state index in [-0.39, 0.29) is 4.88 Å². The second-order valence-corrected chi connectivity index (χ2v) is 4.07. The fourth-order valence-electron chi connectivity index (χ4n) is 1.30.